The Hall–Kier alpha value is -1.43. The zero-order valence-corrected chi connectivity index (χ0v) is 7.56. The topological polar surface area (TPSA) is 102 Å². The Kier molecular flexibility index (Phi) is 1.99. The van der Waals surface area contributed by atoms with E-state index in [1.54, 1.807) is 0 Å². The summed E-state index contributed by atoms with van der Waals surface area (Å²) < 4.78 is 4.42. The summed E-state index contributed by atoms with van der Waals surface area (Å²) in [6.45, 7) is 0. The summed E-state index contributed by atoms with van der Waals surface area (Å²) in [6, 6.07) is 0. The Bertz CT molecular complexity index is 354. The zero-order chi connectivity index (χ0) is 10.2. The second-order valence-corrected chi connectivity index (χ2v) is 3.56. The molecule has 1 fully saturated rings. The molecule has 1 aromatic rings. The molecule has 1 aliphatic carbocycles. The molecule has 2 rings (SSSR count). The van der Waals surface area contributed by atoms with Gasteiger partial charge in [-0.1, -0.05) is 18.0 Å². The second kappa shape index (κ2) is 3.06. The van der Waals surface area contributed by atoms with Crippen molar-refractivity contribution < 1.29 is 14.5 Å². The van der Waals surface area contributed by atoms with Crippen molar-refractivity contribution in [1.82, 2.24) is 10.3 Å². The van der Waals surface area contributed by atoms with Crippen LogP contribution in [0.2, 0.25) is 0 Å². The van der Waals surface area contributed by atoms with E-state index in [0.29, 0.717) is 12.8 Å². The van der Waals surface area contributed by atoms with E-state index in [2.05, 4.69) is 14.9 Å². The minimum atomic E-state index is -1.08. The first-order valence-corrected chi connectivity index (χ1v) is 4.49. The molecule has 0 atom stereocenters. The summed E-state index contributed by atoms with van der Waals surface area (Å²) in [5.74, 6) is -0.721. The van der Waals surface area contributed by atoms with Crippen LogP contribution in [0, 0.1) is 0 Å². The van der Waals surface area contributed by atoms with E-state index >= 15 is 0 Å². The molecule has 1 amide bonds. The van der Waals surface area contributed by atoms with E-state index in [1.165, 1.54) is 0 Å². The Balaban J connectivity index is 2.40. The van der Waals surface area contributed by atoms with Crippen LogP contribution < -0.4 is 5.73 Å². The van der Waals surface area contributed by atoms with Crippen molar-refractivity contribution in [2.45, 2.75) is 31.3 Å². The van der Waals surface area contributed by atoms with Crippen LogP contribution in [0.3, 0.4) is 0 Å². The van der Waals surface area contributed by atoms with Gasteiger partial charge in [0.25, 0.3) is 5.91 Å². The maximum atomic E-state index is 10.9. The highest BCUT2D eigenvalue weighted by atomic mass is 16.6. The van der Waals surface area contributed by atoms with E-state index in [9.17, 15) is 9.90 Å². The lowest BCUT2D eigenvalue weighted by Crippen LogP contribution is -2.26. The molecule has 14 heavy (non-hydrogen) atoms. The van der Waals surface area contributed by atoms with Crippen LogP contribution >= 0.6 is 0 Å². The molecule has 6 nitrogen and oxygen atoms in total. The average molecular weight is 197 g/mol. The first kappa shape index (κ1) is 9.14. The number of hydrogen-bond donors (Lipinski definition) is 2. The number of aliphatic hydroxyl groups is 1. The molecule has 0 saturated heterocycles. The summed E-state index contributed by atoms with van der Waals surface area (Å²) >= 11 is 0. The van der Waals surface area contributed by atoms with Crippen LogP contribution in [0.5, 0.6) is 0 Å². The standard InChI is InChI=1S/C8H11N3O3/c9-7(12)5-6(11-14-10-5)8(13)3-1-2-4-8/h13H,1-4H2,(H2,9,12). The molecule has 0 spiro atoms. The average Bonchev–Trinajstić information content (AvgIpc) is 2.71. The van der Waals surface area contributed by atoms with E-state index in [4.69, 9.17) is 5.73 Å². The molecule has 0 radical (unpaired) electrons. The van der Waals surface area contributed by atoms with Gasteiger partial charge in [0.2, 0.25) is 0 Å². The zero-order valence-electron chi connectivity index (χ0n) is 7.56. The third kappa shape index (κ3) is 1.27. The number of rotatable bonds is 2. The fourth-order valence-electron chi connectivity index (χ4n) is 1.85. The van der Waals surface area contributed by atoms with Gasteiger partial charge >= 0.3 is 0 Å². The van der Waals surface area contributed by atoms with Gasteiger partial charge in [0.15, 0.2) is 5.69 Å². The van der Waals surface area contributed by atoms with Gasteiger partial charge in [0.1, 0.15) is 11.3 Å². The molecule has 1 aromatic heterocycles. The van der Waals surface area contributed by atoms with Crippen molar-refractivity contribution in [2.75, 3.05) is 0 Å². The van der Waals surface area contributed by atoms with Crippen LogP contribution in [0.15, 0.2) is 4.63 Å². The highest BCUT2D eigenvalue weighted by molar-refractivity contribution is 5.91. The van der Waals surface area contributed by atoms with E-state index in [-0.39, 0.29) is 11.4 Å². The molecule has 0 bridgehead atoms. The van der Waals surface area contributed by atoms with Gasteiger partial charge in [-0.3, -0.25) is 4.79 Å². The molecule has 0 aromatic carbocycles. The predicted octanol–water partition coefficient (Wildman–Crippen LogP) is -0.0699. The molecule has 0 aliphatic heterocycles. The van der Waals surface area contributed by atoms with Crippen molar-refractivity contribution in [3.8, 4) is 0 Å². The summed E-state index contributed by atoms with van der Waals surface area (Å²) in [5.41, 5.74) is 4.12. The molecule has 76 valence electrons. The van der Waals surface area contributed by atoms with Crippen LogP contribution in [-0.4, -0.2) is 21.3 Å². The maximum Gasteiger partial charge on any atom is 0.273 e. The molecule has 0 unspecified atom stereocenters. The Morgan fingerprint density at radius 3 is 2.64 bits per heavy atom. The van der Waals surface area contributed by atoms with Crippen molar-refractivity contribution >= 4 is 5.91 Å². The molecule has 1 aliphatic rings. The number of primary amides is 1. The summed E-state index contributed by atoms with van der Waals surface area (Å²) in [6.07, 6.45) is 2.95. The maximum absolute atomic E-state index is 10.9. The number of carbonyl (C=O) groups excluding carboxylic acids is 1. The molecular weight excluding hydrogens is 186 g/mol. The van der Waals surface area contributed by atoms with Gasteiger partial charge in [-0.15, -0.1) is 0 Å². The van der Waals surface area contributed by atoms with Crippen LogP contribution in [0.1, 0.15) is 41.9 Å². The minimum absolute atomic E-state index is 0.0607. The summed E-state index contributed by atoms with van der Waals surface area (Å²) in [7, 11) is 0. The Morgan fingerprint density at radius 2 is 2.07 bits per heavy atom. The lowest BCUT2D eigenvalue weighted by atomic mass is 9.96. The SMILES string of the molecule is NC(=O)c1nonc1C1(O)CCCC1. The van der Waals surface area contributed by atoms with Gasteiger partial charge in [-0.25, -0.2) is 4.63 Å². The minimum Gasteiger partial charge on any atom is -0.383 e. The van der Waals surface area contributed by atoms with E-state index in [1.807, 2.05) is 0 Å². The van der Waals surface area contributed by atoms with Gasteiger partial charge in [0, 0.05) is 0 Å². The molecule has 6 heteroatoms. The van der Waals surface area contributed by atoms with Gasteiger partial charge in [-0.05, 0) is 18.0 Å². The van der Waals surface area contributed by atoms with Gasteiger partial charge < -0.3 is 10.8 Å². The number of nitrogens with zero attached hydrogens (tertiary/aromatic N) is 2. The first-order chi connectivity index (χ1) is 6.63. The molecule has 3 N–H and O–H groups in total. The number of nitrogens with two attached hydrogens (primary N) is 1. The third-order valence-electron chi connectivity index (χ3n) is 2.59. The first-order valence-electron chi connectivity index (χ1n) is 4.49. The second-order valence-electron chi connectivity index (χ2n) is 3.56. The Morgan fingerprint density at radius 1 is 1.43 bits per heavy atom. The van der Waals surface area contributed by atoms with Crippen LogP contribution in [0.25, 0.3) is 0 Å². The van der Waals surface area contributed by atoms with Crippen LogP contribution in [-0.2, 0) is 5.60 Å². The van der Waals surface area contributed by atoms with Gasteiger partial charge in [-0.2, -0.15) is 0 Å². The quantitative estimate of drug-likeness (QED) is 0.690. The lowest BCUT2D eigenvalue weighted by Gasteiger charge is -2.18. The highest BCUT2D eigenvalue weighted by Crippen LogP contribution is 2.38. The van der Waals surface area contributed by atoms with Crippen LogP contribution in [0.4, 0.5) is 0 Å². The van der Waals surface area contributed by atoms with Crippen molar-refractivity contribution in [1.29, 1.82) is 0 Å². The molecular formula is C8H11N3O3. The van der Waals surface area contributed by atoms with Crippen molar-refractivity contribution in [3.63, 3.8) is 0 Å². The monoisotopic (exact) mass is 197 g/mol. The fraction of sp³-hybridized carbons (Fsp3) is 0.625. The lowest BCUT2D eigenvalue weighted by molar-refractivity contribution is 0.0355. The summed E-state index contributed by atoms with van der Waals surface area (Å²) in [5, 5.41) is 17.1. The summed E-state index contributed by atoms with van der Waals surface area (Å²) in [4.78, 5) is 10.9. The molecule has 1 heterocycles. The fourth-order valence-corrected chi connectivity index (χ4v) is 1.85. The predicted molar refractivity (Wildman–Crippen MR) is 45.2 cm³/mol. The third-order valence-corrected chi connectivity index (χ3v) is 2.59. The highest BCUT2D eigenvalue weighted by Gasteiger charge is 2.39. The number of aromatic nitrogens is 2. The largest absolute Gasteiger partial charge is 0.383 e. The normalized spacial score (nSPS) is 19.8. The van der Waals surface area contributed by atoms with Crippen molar-refractivity contribution in [3.05, 3.63) is 11.4 Å². The van der Waals surface area contributed by atoms with Crippen molar-refractivity contribution in [2.24, 2.45) is 5.73 Å². The van der Waals surface area contributed by atoms with E-state index in [0.717, 1.165) is 12.8 Å². The number of hydrogen-bond acceptors (Lipinski definition) is 5. The number of carbonyl (C=O) groups is 1. The van der Waals surface area contributed by atoms with E-state index < -0.39 is 11.5 Å². The number of amides is 1. The Labute approximate surface area is 80.0 Å². The molecule has 1 saturated carbocycles. The van der Waals surface area contributed by atoms with Gasteiger partial charge in [0.05, 0.1) is 0 Å². The smallest absolute Gasteiger partial charge is 0.273 e.